The summed E-state index contributed by atoms with van der Waals surface area (Å²) in [5.41, 5.74) is 4.63. The Kier molecular flexibility index (Phi) is 5.33. The molecule has 0 atom stereocenters. The molecule has 7 nitrogen and oxygen atoms in total. The number of piperidine rings is 1. The third-order valence-corrected chi connectivity index (χ3v) is 6.70. The van der Waals surface area contributed by atoms with Crippen molar-refractivity contribution < 1.29 is 9.59 Å². The lowest BCUT2D eigenvalue weighted by molar-refractivity contribution is -0.115. The van der Waals surface area contributed by atoms with Gasteiger partial charge in [0.1, 0.15) is 0 Å². The maximum Gasteiger partial charge on any atom is 0.290 e. The van der Waals surface area contributed by atoms with E-state index in [1.807, 2.05) is 12.3 Å². The Morgan fingerprint density at radius 1 is 1.19 bits per heavy atom. The van der Waals surface area contributed by atoms with Crippen LogP contribution in [0.15, 0.2) is 47.5 Å². The first kappa shape index (κ1) is 20.0. The molecule has 31 heavy (non-hydrogen) atoms. The second-order valence-corrected chi connectivity index (χ2v) is 9.19. The monoisotopic (exact) mass is 433 g/mol. The van der Waals surface area contributed by atoms with Crippen molar-refractivity contribution in [3.8, 4) is 11.3 Å². The van der Waals surface area contributed by atoms with Crippen LogP contribution in [0.5, 0.6) is 0 Å². The van der Waals surface area contributed by atoms with Gasteiger partial charge >= 0.3 is 0 Å². The number of nitrogens with one attached hydrogen (secondary N) is 1. The van der Waals surface area contributed by atoms with Crippen LogP contribution in [0.4, 0.5) is 4.79 Å². The number of rotatable bonds is 4. The first-order chi connectivity index (χ1) is 15.0. The largest absolute Gasteiger partial charge is 0.306 e. The van der Waals surface area contributed by atoms with E-state index in [2.05, 4.69) is 51.6 Å². The molecule has 0 spiro atoms. The van der Waals surface area contributed by atoms with Crippen molar-refractivity contribution in [2.24, 2.45) is 5.92 Å². The number of hydrogen-bond donors (Lipinski definition) is 1. The molecule has 0 bridgehead atoms. The second-order valence-electron chi connectivity index (χ2n) is 8.18. The Morgan fingerprint density at radius 2 is 2.03 bits per heavy atom. The molecule has 2 saturated heterocycles. The van der Waals surface area contributed by atoms with Crippen molar-refractivity contribution in [3.05, 3.63) is 58.8 Å². The average Bonchev–Trinajstić information content (AvgIpc) is 3.32. The van der Waals surface area contributed by atoms with Gasteiger partial charge in [-0.3, -0.25) is 14.9 Å². The minimum Gasteiger partial charge on any atom is -0.306 e. The summed E-state index contributed by atoms with van der Waals surface area (Å²) in [6, 6.07) is 12.3. The molecule has 4 heterocycles. The number of carbonyl (C=O) groups is 2. The summed E-state index contributed by atoms with van der Waals surface area (Å²) >= 11 is 0.889. The zero-order chi connectivity index (χ0) is 21.4. The Hall–Kier alpha value is -2.97. The summed E-state index contributed by atoms with van der Waals surface area (Å²) in [6.07, 6.45) is 7.02. The van der Waals surface area contributed by atoms with Crippen molar-refractivity contribution in [1.82, 2.24) is 24.8 Å². The molecule has 8 heteroatoms. The molecule has 2 aliphatic heterocycles. The summed E-state index contributed by atoms with van der Waals surface area (Å²) in [4.78, 5) is 30.5. The third-order valence-electron chi connectivity index (χ3n) is 5.89. The van der Waals surface area contributed by atoms with Crippen LogP contribution in [0.25, 0.3) is 23.0 Å². The van der Waals surface area contributed by atoms with Crippen molar-refractivity contribution >= 4 is 34.6 Å². The Labute approximate surface area is 184 Å². The normalized spacial score (nSPS) is 19.5. The standard InChI is InChI=1S/C23H23N5O2S/c1-27-9-7-15(8-10-27)11-16-3-2-4-17(12-16)19-14-24-21-6-5-18(26-28(19)21)13-20-22(29)25-23(30)31-20/h2-6,12-15H,7-11H2,1H3,(H,25,29,30). The Balaban J connectivity index is 1.43. The van der Waals surface area contributed by atoms with Crippen LogP contribution < -0.4 is 5.32 Å². The summed E-state index contributed by atoms with van der Waals surface area (Å²) in [7, 11) is 2.19. The van der Waals surface area contributed by atoms with Gasteiger partial charge in [-0.1, -0.05) is 18.2 Å². The smallest absolute Gasteiger partial charge is 0.290 e. The van der Waals surface area contributed by atoms with Crippen molar-refractivity contribution in [3.63, 3.8) is 0 Å². The first-order valence-electron chi connectivity index (χ1n) is 10.4. The lowest BCUT2D eigenvalue weighted by Gasteiger charge is -2.29. The van der Waals surface area contributed by atoms with E-state index in [-0.39, 0.29) is 11.1 Å². The van der Waals surface area contributed by atoms with Gasteiger partial charge in [0.05, 0.1) is 22.5 Å². The summed E-state index contributed by atoms with van der Waals surface area (Å²) in [6.45, 7) is 2.34. The van der Waals surface area contributed by atoms with Crippen LogP contribution in [0.3, 0.4) is 0 Å². The van der Waals surface area contributed by atoms with E-state index in [9.17, 15) is 9.59 Å². The molecule has 3 aromatic rings. The van der Waals surface area contributed by atoms with E-state index in [0.717, 1.165) is 41.0 Å². The lowest BCUT2D eigenvalue weighted by Crippen LogP contribution is -2.30. The van der Waals surface area contributed by atoms with Gasteiger partial charge in [-0.15, -0.1) is 0 Å². The minimum absolute atomic E-state index is 0.346. The molecule has 2 aliphatic rings. The molecule has 2 aromatic heterocycles. The number of amides is 2. The number of nitrogens with zero attached hydrogens (tertiary/aromatic N) is 4. The first-order valence-corrected chi connectivity index (χ1v) is 11.2. The van der Waals surface area contributed by atoms with Crippen molar-refractivity contribution in [1.29, 1.82) is 0 Å². The highest BCUT2D eigenvalue weighted by Gasteiger charge is 2.25. The van der Waals surface area contributed by atoms with Crippen molar-refractivity contribution in [2.45, 2.75) is 19.3 Å². The number of aromatic nitrogens is 3. The molecule has 0 saturated carbocycles. The van der Waals surface area contributed by atoms with E-state index in [0.29, 0.717) is 10.6 Å². The fourth-order valence-corrected chi connectivity index (χ4v) is 4.84. The SMILES string of the molecule is CN1CCC(Cc2cccc(-c3cnc4ccc(C=C5SC(=O)NC5=O)nn34)c2)CC1. The van der Waals surface area contributed by atoms with E-state index in [1.54, 1.807) is 16.7 Å². The number of likely N-dealkylation sites (tertiary alicyclic amines) is 1. The maximum absolute atomic E-state index is 11.8. The number of carbonyl (C=O) groups excluding carboxylic acids is 2. The molecule has 2 fully saturated rings. The fraction of sp³-hybridized carbons (Fsp3) is 0.304. The number of thioether (sulfide) groups is 1. The second kappa shape index (κ2) is 8.28. The third kappa shape index (κ3) is 4.26. The Morgan fingerprint density at radius 3 is 2.81 bits per heavy atom. The maximum atomic E-state index is 11.8. The highest BCUT2D eigenvalue weighted by atomic mass is 32.2. The topological polar surface area (TPSA) is 79.6 Å². The van der Waals surface area contributed by atoms with Crippen LogP contribution in [0, 0.1) is 5.92 Å². The molecule has 0 aliphatic carbocycles. The fourth-order valence-electron chi connectivity index (χ4n) is 4.17. The minimum atomic E-state index is -0.385. The van der Waals surface area contributed by atoms with Gasteiger partial charge in [0, 0.05) is 5.56 Å². The summed E-state index contributed by atoms with van der Waals surface area (Å²) in [5, 5.41) is 6.56. The quantitative estimate of drug-likeness (QED) is 0.634. The molecule has 1 N–H and O–H groups in total. The molecule has 0 radical (unpaired) electrons. The van der Waals surface area contributed by atoms with Gasteiger partial charge < -0.3 is 4.90 Å². The van der Waals surface area contributed by atoms with Gasteiger partial charge in [0.15, 0.2) is 5.65 Å². The molecule has 5 rings (SSSR count). The average molecular weight is 434 g/mol. The number of benzene rings is 1. The molecule has 158 valence electrons. The molecule has 2 amide bonds. The number of imide groups is 1. The molecule has 0 unspecified atom stereocenters. The number of imidazole rings is 1. The summed E-state index contributed by atoms with van der Waals surface area (Å²) in [5.74, 6) is 0.340. The lowest BCUT2D eigenvalue weighted by atomic mass is 9.90. The zero-order valence-electron chi connectivity index (χ0n) is 17.2. The number of hydrogen-bond acceptors (Lipinski definition) is 6. The van der Waals surface area contributed by atoms with Crippen LogP contribution in [-0.4, -0.2) is 50.8 Å². The molecule has 1 aromatic carbocycles. The van der Waals surface area contributed by atoms with Gasteiger partial charge in [0.2, 0.25) is 0 Å². The predicted molar refractivity (Wildman–Crippen MR) is 121 cm³/mol. The van der Waals surface area contributed by atoms with E-state index >= 15 is 0 Å². The summed E-state index contributed by atoms with van der Waals surface area (Å²) < 4.78 is 1.79. The van der Waals surface area contributed by atoms with Crippen LogP contribution in [0.1, 0.15) is 24.1 Å². The van der Waals surface area contributed by atoms with Crippen LogP contribution in [0.2, 0.25) is 0 Å². The zero-order valence-corrected chi connectivity index (χ0v) is 18.1. The van der Waals surface area contributed by atoms with Gasteiger partial charge in [-0.05, 0) is 86.9 Å². The van der Waals surface area contributed by atoms with Gasteiger partial charge in [0.25, 0.3) is 11.1 Å². The van der Waals surface area contributed by atoms with Crippen LogP contribution in [-0.2, 0) is 11.2 Å². The molecular formula is C23H23N5O2S. The van der Waals surface area contributed by atoms with E-state index < -0.39 is 0 Å². The number of fused-ring (bicyclic) bond motifs is 1. The van der Waals surface area contributed by atoms with E-state index in [1.165, 1.54) is 31.5 Å². The predicted octanol–water partition coefficient (Wildman–Crippen LogP) is 3.60. The van der Waals surface area contributed by atoms with Gasteiger partial charge in [-0.25, -0.2) is 9.50 Å². The highest BCUT2D eigenvalue weighted by molar-refractivity contribution is 8.18. The van der Waals surface area contributed by atoms with Gasteiger partial charge in [-0.2, -0.15) is 5.10 Å². The van der Waals surface area contributed by atoms with E-state index in [4.69, 9.17) is 0 Å². The highest BCUT2D eigenvalue weighted by Crippen LogP contribution is 2.27. The Bertz CT molecular complexity index is 1190. The van der Waals surface area contributed by atoms with Crippen LogP contribution >= 0.6 is 11.8 Å². The molecular weight excluding hydrogens is 410 g/mol. The van der Waals surface area contributed by atoms with Crippen molar-refractivity contribution in [2.75, 3.05) is 20.1 Å².